The molecular formula is C29H38N4O10S. The van der Waals surface area contributed by atoms with E-state index in [2.05, 4.69) is 20.1 Å². The maximum Gasteiger partial charge on any atom is 0.407 e. The number of ether oxygens (including phenoxy) is 3. The van der Waals surface area contributed by atoms with Gasteiger partial charge < -0.3 is 35.7 Å². The molecule has 2 amide bonds. The molecule has 0 saturated carbocycles. The van der Waals surface area contributed by atoms with Gasteiger partial charge in [0.2, 0.25) is 15.9 Å². The SMILES string of the molecule is COC(=O)[C@H](CN)NS(=O)(=O)c1c(C)cc(OCCCC(=O)NCCNC(=O)OCc2ccc(/C=C/C(=O)O)cc2)cc1C. The van der Waals surface area contributed by atoms with Gasteiger partial charge in [-0.05, 0) is 60.7 Å². The number of alkyl carbamates (subject to hydrolysis) is 1. The second kappa shape index (κ2) is 17.6. The van der Waals surface area contributed by atoms with Crippen LogP contribution in [0.3, 0.4) is 0 Å². The van der Waals surface area contributed by atoms with Crippen molar-refractivity contribution in [2.75, 3.05) is 33.4 Å². The highest BCUT2D eigenvalue weighted by Gasteiger charge is 2.28. The van der Waals surface area contributed by atoms with Crippen LogP contribution in [0.5, 0.6) is 5.75 Å². The summed E-state index contributed by atoms with van der Waals surface area (Å²) in [5, 5.41) is 13.9. The molecule has 14 nitrogen and oxygen atoms in total. The average Bonchev–Trinajstić information content (AvgIpc) is 2.97. The van der Waals surface area contributed by atoms with Gasteiger partial charge in [-0.25, -0.2) is 18.0 Å². The van der Waals surface area contributed by atoms with Gasteiger partial charge in [0.25, 0.3) is 0 Å². The third-order valence-corrected chi connectivity index (χ3v) is 7.80. The average molecular weight is 635 g/mol. The Balaban J connectivity index is 1.69. The zero-order chi connectivity index (χ0) is 32.7. The molecule has 2 aromatic rings. The van der Waals surface area contributed by atoms with E-state index in [1.807, 2.05) is 0 Å². The molecule has 1 atom stereocenters. The van der Waals surface area contributed by atoms with Gasteiger partial charge in [-0.1, -0.05) is 24.3 Å². The Morgan fingerprint density at radius 3 is 2.25 bits per heavy atom. The van der Waals surface area contributed by atoms with E-state index in [0.29, 0.717) is 28.9 Å². The molecule has 15 heteroatoms. The van der Waals surface area contributed by atoms with Crippen LogP contribution in [0.4, 0.5) is 4.79 Å². The zero-order valence-corrected chi connectivity index (χ0v) is 25.6. The molecule has 0 unspecified atom stereocenters. The molecule has 0 aromatic heterocycles. The number of carboxylic acids is 1. The van der Waals surface area contributed by atoms with Crippen LogP contribution in [0.25, 0.3) is 6.08 Å². The summed E-state index contributed by atoms with van der Waals surface area (Å²) in [5.74, 6) is -1.65. The number of nitrogens with two attached hydrogens (primary N) is 1. The quantitative estimate of drug-likeness (QED) is 0.0952. The van der Waals surface area contributed by atoms with E-state index in [4.69, 9.17) is 20.3 Å². The zero-order valence-electron chi connectivity index (χ0n) is 24.8. The summed E-state index contributed by atoms with van der Waals surface area (Å²) in [6, 6.07) is 8.72. The maximum absolute atomic E-state index is 12.9. The third kappa shape index (κ3) is 12.0. The molecule has 6 N–H and O–H groups in total. The number of aryl methyl sites for hydroxylation is 2. The van der Waals surface area contributed by atoms with Crippen LogP contribution in [0.2, 0.25) is 0 Å². The first-order valence-corrected chi connectivity index (χ1v) is 15.1. The fourth-order valence-corrected chi connectivity index (χ4v) is 5.62. The van der Waals surface area contributed by atoms with E-state index in [0.717, 1.165) is 18.7 Å². The van der Waals surface area contributed by atoms with Crippen molar-refractivity contribution in [3.63, 3.8) is 0 Å². The fourth-order valence-electron chi connectivity index (χ4n) is 3.97. The highest BCUT2D eigenvalue weighted by atomic mass is 32.2. The summed E-state index contributed by atoms with van der Waals surface area (Å²) < 4.78 is 43.4. The molecule has 0 aliphatic heterocycles. The summed E-state index contributed by atoms with van der Waals surface area (Å²) in [5.41, 5.74) is 7.73. The number of carboxylic acid groups (broad SMARTS) is 1. The first-order chi connectivity index (χ1) is 20.9. The van der Waals surface area contributed by atoms with Gasteiger partial charge in [-0.15, -0.1) is 0 Å². The fraction of sp³-hybridized carbons (Fsp3) is 0.379. The monoisotopic (exact) mass is 634 g/mol. The molecule has 0 bridgehead atoms. The second-order valence-electron chi connectivity index (χ2n) is 9.54. The molecule has 0 heterocycles. The lowest BCUT2D eigenvalue weighted by atomic mass is 10.1. The summed E-state index contributed by atoms with van der Waals surface area (Å²) >= 11 is 0. The molecule has 0 aliphatic carbocycles. The minimum atomic E-state index is -4.07. The molecule has 0 saturated heterocycles. The molecule has 0 fully saturated rings. The van der Waals surface area contributed by atoms with Gasteiger partial charge in [0, 0.05) is 32.1 Å². The Morgan fingerprint density at radius 2 is 1.66 bits per heavy atom. The predicted octanol–water partition coefficient (Wildman–Crippen LogP) is 1.38. The second-order valence-corrected chi connectivity index (χ2v) is 11.2. The van der Waals surface area contributed by atoms with Crippen molar-refractivity contribution in [3.8, 4) is 5.75 Å². The molecule has 2 rings (SSSR count). The van der Waals surface area contributed by atoms with Crippen molar-refractivity contribution in [1.82, 2.24) is 15.4 Å². The van der Waals surface area contributed by atoms with Gasteiger partial charge in [0.15, 0.2) is 0 Å². The van der Waals surface area contributed by atoms with Gasteiger partial charge in [0.05, 0.1) is 18.6 Å². The van der Waals surface area contributed by atoms with Crippen molar-refractivity contribution in [1.29, 1.82) is 0 Å². The Hall–Kier alpha value is -4.47. The first kappa shape index (κ1) is 35.7. The number of sulfonamides is 1. The van der Waals surface area contributed by atoms with Gasteiger partial charge >= 0.3 is 18.0 Å². The third-order valence-electron chi connectivity index (χ3n) is 6.02. The van der Waals surface area contributed by atoms with Crippen LogP contribution in [-0.2, 0) is 40.5 Å². The van der Waals surface area contributed by atoms with E-state index in [1.165, 1.54) is 6.08 Å². The van der Waals surface area contributed by atoms with Crippen LogP contribution >= 0.6 is 0 Å². The van der Waals surface area contributed by atoms with Crippen molar-refractivity contribution in [2.45, 2.75) is 44.2 Å². The number of benzene rings is 2. The lowest BCUT2D eigenvalue weighted by Crippen LogP contribution is -2.46. The molecule has 0 spiro atoms. The topological polar surface area (TPSA) is 212 Å². The summed E-state index contributed by atoms with van der Waals surface area (Å²) in [6.07, 6.45) is 2.40. The largest absolute Gasteiger partial charge is 0.494 e. The van der Waals surface area contributed by atoms with E-state index in [9.17, 15) is 27.6 Å². The number of aliphatic carboxylic acids is 1. The number of rotatable bonds is 17. The normalized spacial score (nSPS) is 11.9. The van der Waals surface area contributed by atoms with Gasteiger partial charge in [0.1, 0.15) is 18.4 Å². The minimum absolute atomic E-state index is 0.00496. The number of esters is 1. The predicted molar refractivity (Wildman–Crippen MR) is 160 cm³/mol. The van der Waals surface area contributed by atoms with Crippen molar-refractivity contribution in [2.24, 2.45) is 5.73 Å². The number of carbonyl (C=O) groups is 4. The van der Waals surface area contributed by atoms with Crippen molar-refractivity contribution < 1.29 is 46.9 Å². The highest BCUT2D eigenvalue weighted by molar-refractivity contribution is 7.89. The van der Waals surface area contributed by atoms with Crippen LogP contribution in [-0.4, -0.2) is 76.9 Å². The smallest absolute Gasteiger partial charge is 0.407 e. The lowest BCUT2D eigenvalue weighted by Gasteiger charge is -2.18. The Bertz CT molecular complexity index is 1420. The van der Waals surface area contributed by atoms with Crippen LogP contribution in [0, 0.1) is 13.8 Å². The number of methoxy groups -OCH3 is 1. The standard InChI is InChI=1S/C29H38N4O10S/c1-19-15-23(16-20(2)27(19)44(39,40)33-24(17-30)28(37)41-3)42-14-4-5-25(34)31-12-13-32-29(38)43-18-22-8-6-21(7-9-22)10-11-26(35)36/h6-11,15-16,24,33H,4-5,12-14,17-18,30H2,1-3H3,(H,31,34)(H,32,38)(H,35,36)/b11-10+/t24-/m0/s1. The van der Waals surface area contributed by atoms with E-state index in [1.54, 1.807) is 50.2 Å². The summed E-state index contributed by atoms with van der Waals surface area (Å²) in [7, 11) is -2.93. The van der Waals surface area contributed by atoms with Crippen LogP contribution in [0.15, 0.2) is 47.4 Å². The van der Waals surface area contributed by atoms with Gasteiger partial charge in [-0.2, -0.15) is 4.72 Å². The molecule has 0 aliphatic rings. The number of amides is 2. The van der Waals surface area contributed by atoms with E-state index < -0.39 is 34.1 Å². The lowest BCUT2D eigenvalue weighted by molar-refractivity contribution is -0.142. The minimum Gasteiger partial charge on any atom is -0.494 e. The van der Waals surface area contributed by atoms with E-state index in [-0.39, 0.29) is 50.1 Å². The molecular weight excluding hydrogens is 596 g/mol. The molecule has 240 valence electrons. The number of carbonyl (C=O) groups excluding carboxylic acids is 3. The van der Waals surface area contributed by atoms with Gasteiger partial charge in [-0.3, -0.25) is 9.59 Å². The summed E-state index contributed by atoms with van der Waals surface area (Å²) in [6.45, 7) is 3.52. The Labute approximate surface area is 256 Å². The van der Waals surface area contributed by atoms with Crippen LogP contribution in [0.1, 0.15) is 35.1 Å². The Morgan fingerprint density at radius 1 is 1.02 bits per heavy atom. The Kier molecular flexibility index (Phi) is 14.3. The number of hydrogen-bond donors (Lipinski definition) is 5. The first-order valence-electron chi connectivity index (χ1n) is 13.6. The molecule has 2 aromatic carbocycles. The maximum atomic E-state index is 12.9. The van der Waals surface area contributed by atoms with E-state index >= 15 is 0 Å². The summed E-state index contributed by atoms with van der Waals surface area (Å²) in [4.78, 5) is 46.3. The van der Waals surface area contributed by atoms with Crippen molar-refractivity contribution in [3.05, 3.63) is 64.7 Å². The molecule has 0 radical (unpaired) electrons. The highest BCUT2D eigenvalue weighted by Crippen LogP contribution is 2.26. The molecule has 44 heavy (non-hydrogen) atoms. The number of hydrogen-bond acceptors (Lipinski definition) is 10. The number of nitrogens with one attached hydrogen (secondary N) is 3. The van der Waals surface area contributed by atoms with Crippen molar-refractivity contribution >= 4 is 40.0 Å². The van der Waals surface area contributed by atoms with Crippen LogP contribution < -0.4 is 25.8 Å².